The molecular weight excluding hydrogens is 363 g/mol. The summed E-state index contributed by atoms with van der Waals surface area (Å²) in [6.45, 7) is 0. The average molecular weight is 370 g/mol. The van der Waals surface area contributed by atoms with Gasteiger partial charge in [0.15, 0.2) is 0 Å². The average Bonchev–Trinajstić information content (AvgIpc) is 2.32. The van der Waals surface area contributed by atoms with E-state index in [-0.39, 0.29) is 0 Å². The van der Waals surface area contributed by atoms with Crippen molar-refractivity contribution in [2.45, 2.75) is 0 Å². The number of hydrogen-bond acceptors (Lipinski definition) is 0. The minimum Gasteiger partial charge on any atom is -0.0836 e. The Morgan fingerprint density at radius 3 is 2.41 bits per heavy atom. The maximum Gasteiger partial charge on any atom is 0.0491 e. The molecule has 0 saturated heterocycles. The highest BCUT2D eigenvalue weighted by Crippen LogP contribution is 2.36. The number of hydrogen-bond donors (Lipinski definition) is 0. The van der Waals surface area contributed by atoms with Gasteiger partial charge in [-0.15, -0.1) is 0 Å². The second kappa shape index (κ2) is 4.27. The van der Waals surface area contributed by atoms with Crippen LogP contribution in [0.2, 0.25) is 5.02 Å². The standard InChI is InChI=1S/C14H7Br2Cl/c15-9-2-4-10-8(7-9)1-3-11-12(16)5-6-13(17)14(10)11/h1-7H. The molecule has 17 heavy (non-hydrogen) atoms. The lowest BCUT2D eigenvalue weighted by Gasteiger charge is -2.07. The lowest BCUT2D eigenvalue weighted by atomic mass is 10.0. The molecule has 3 aromatic carbocycles. The van der Waals surface area contributed by atoms with E-state index in [1.54, 1.807) is 0 Å². The number of rotatable bonds is 0. The molecule has 3 aromatic rings. The summed E-state index contributed by atoms with van der Waals surface area (Å²) in [5.41, 5.74) is 0. The molecule has 0 spiro atoms. The van der Waals surface area contributed by atoms with Crippen LogP contribution in [-0.2, 0) is 0 Å². The zero-order valence-electron chi connectivity index (χ0n) is 8.68. The van der Waals surface area contributed by atoms with Crippen molar-refractivity contribution in [2.75, 3.05) is 0 Å². The highest BCUT2D eigenvalue weighted by molar-refractivity contribution is 9.11. The highest BCUT2D eigenvalue weighted by atomic mass is 79.9. The second-order valence-electron chi connectivity index (χ2n) is 3.88. The maximum absolute atomic E-state index is 6.32. The Kier molecular flexibility index (Phi) is 2.89. The minimum atomic E-state index is 0.788. The molecule has 3 heteroatoms. The quantitative estimate of drug-likeness (QED) is 0.415. The second-order valence-corrected chi connectivity index (χ2v) is 6.06. The molecule has 0 atom stereocenters. The highest BCUT2D eigenvalue weighted by Gasteiger charge is 2.07. The van der Waals surface area contributed by atoms with Gasteiger partial charge in [0.2, 0.25) is 0 Å². The van der Waals surface area contributed by atoms with Crippen LogP contribution in [0.15, 0.2) is 51.4 Å². The fourth-order valence-corrected chi connectivity index (χ4v) is 3.18. The van der Waals surface area contributed by atoms with Crippen molar-refractivity contribution in [1.82, 2.24) is 0 Å². The van der Waals surface area contributed by atoms with E-state index in [0.717, 1.165) is 24.7 Å². The summed E-state index contributed by atoms with van der Waals surface area (Å²) in [7, 11) is 0. The van der Waals surface area contributed by atoms with Crippen LogP contribution >= 0.6 is 43.5 Å². The van der Waals surface area contributed by atoms with Crippen LogP contribution in [0.25, 0.3) is 21.5 Å². The Morgan fingerprint density at radius 2 is 1.59 bits per heavy atom. The lowest BCUT2D eigenvalue weighted by molar-refractivity contribution is 1.70. The van der Waals surface area contributed by atoms with E-state index in [2.05, 4.69) is 56.1 Å². The van der Waals surface area contributed by atoms with E-state index in [1.165, 1.54) is 10.8 Å². The number of benzene rings is 3. The first kappa shape index (κ1) is 11.5. The van der Waals surface area contributed by atoms with Crippen LogP contribution < -0.4 is 0 Å². The van der Waals surface area contributed by atoms with Gasteiger partial charge in [0, 0.05) is 19.4 Å². The van der Waals surface area contributed by atoms with E-state index in [9.17, 15) is 0 Å². The predicted molar refractivity (Wildman–Crippen MR) is 81.9 cm³/mol. The van der Waals surface area contributed by atoms with Crippen molar-refractivity contribution in [3.8, 4) is 0 Å². The molecule has 84 valence electrons. The van der Waals surface area contributed by atoms with E-state index in [1.807, 2.05) is 18.2 Å². The Morgan fingerprint density at radius 1 is 0.824 bits per heavy atom. The van der Waals surface area contributed by atoms with Gasteiger partial charge in [-0.05, 0) is 40.4 Å². The van der Waals surface area contributed by atoms with Crippen LogP contribution in [0.3, 0.4) is 0 Å². The molecule has 0 bridgehead atoms. The van der Waals surface area contributed by atoms with E-state index in [0.29, 0.717) is 0 Å². The van der Waals surface area contributed by atoms with Crippen molar-refractivity contribution < 1.29 is 0 Å². The third-order valence-corrected chi connectivity index (χ3v) is 4.35. The first-order valence-electron chi connectivity index (χ1n) is 5.13. The zero-order chi connectivity index (χ0) is 12.0. The van der Waals surface area contributed by atoms with Crippen LogP contribution in [0.5, 0.6) is 0 Å². The van der Waals surface area contributed by atoms with Gasteiger partial charge in [0.25, 0.3) is 0 Å². The molecule has 0 fully saturated rings. The monoisotopic (exact) mass is 368 g/mol. The molecule has 0 N–H and O–H groups in total. The normalized spacial score (nSPS) is 11.2. The molecule has 0 unspecified atom stereocenters. The molecule has 0 nitrogen and oxygen atoms in total. The smallest absolute Gasteiger partial charge is 0.0491 e. The number of halogens is 3. The molecule has 0 heterocycles. The van der Waals surface area contributed by atoms with Crippen LogP contribution in [-0.4, -0.2) is 0 Å². The van der Waals surface area contributed by atoms with E-state index < -0.39 is 0 Å². The van der Waals surface area contributed by atoms with Gasteiger partial charge in [0.1, 0.15) is 0 Å². The van der Waals surface area contributed by atoms with Crippen molar-refractivity contribution in [3.63, 3.8) is 0 Å². The first-order valence-corrected chi connectivity index (χ1v) is 7.09. The third kappa shape index (κ3) is 1.88. The summed E-state index contributed by atoms with van der Waals surface area (Å²) in [5, 5.41) is 5.40. The first-order chi connectivity index (χ1) is 8.16. The molecule has 0 saturated carbocycles. The molecular formula is C14H7Br2Cl. The van der Waals surface area contributed by atoms with Gasteiger partial charge >= 0.3 is 0 Å². The zero-order valence-corrected chi connectivity index (χ0v) is 12.6. The molecule has 0 radical (unpaired) electrons. The summed E-state index contributed by atoms with van der Waals surface area (Å²) in [4.78, 5) is 0. The molecule has 0 aliphatic heterocycles. The van der Waals surface area contributed by atoms with Crippen LogP contribution in [0.1, 0.15) is 0 Å². The molecule has 0 amide bonds. The maximum atomic E-state index is 6.32. The molecule has 0 aromatic heterocycles. The molecule has 0 aliphatic carbocycles. The number of fused-ring (bicyclic) bond motifs is 3. The summed E-state index contributed by atoms with van der Waals surface area (Å²) in [6, 6.07) is 14.4. The predicted octanol–water partition coefficient (Wildman–Crippen LogP) is 6.17. The van der Waals surface area contributed by atoms with Crippen molar-refractivity contribution in [2.24, 2.45) is 0 Å². The lowest BCUT2D eigenvalue weighted by Crippen LogP contribution is -1.80. The van der Waals surface area contributed by atoms with Gasteiger partial charge < -0.3 is 0 Å². The Balaban J connectivity index is 2.59. The minimum absolute atomic E-state index is 0.788. The van der Waals surface area contributed by atoms with Gasteiger partial charge in [-0.2, -0.15) is 0 Å². The van der Waals surface area contributed by atoms with E-state index in [4.69, 9.17) is 11.6 Å². The van der Waals surface area contributed by atoms with Crippen molar-refractivity contribution in [1.29, 1.82) is 0 Å². The van der Waals surface area contributed by atoms with Gasteiger partial charge in [-0.1, -0.05) is 61.7 Å². The van der Waals surface area contributed by atoms with Crippen LogP contribution in [0, 0.1) is 0 Å². The Bertz CT molecular complexity index is 735. The van der Waals surface area contributed by atoms with E-state index >= 15 is 0 Å². The summed E-state index contributed by atoms with van der Waals surface area (Å²) in [6.07, 6.45) is 0. The van der Waals surface area contributed by atoms with Gasteiger partial charge in [-0.3, -0.25) is 0 Å². The Labute approximate surface area is 121 Å². The topological polar surface area (TPSA) is 0 Å². The summed E-state index contributed by atoms with van der Waals surface area (Å²) >= 11 is 13.4. The largest absolute Gasteiger partial charge is 0.0836 e. The Hall–Kier alpha value is -0.570. The fraction of sp³-hybridized carbons (Fsp3) is 0. The fourth-order valence-electron chi connectivity index (χ4n) is 2.08. The SMILES string of the molecule is Clc1ccc(Br)c2ccc3cc(Br)ccc3c12. The van der Waals surface area contributed by atoms with Crippen molar-refractivity contribution >= 4 is 65.0 Å². The summed E-state index contributed by atoms with van der Waals surface area (Å²) in [5.74, 6) is 0. The van der Waals surface area contributed by atoms with Crippen LogP contribution in [0.4, 0.5) is 0 Å². The molecule has 3 rings (SSSR count). The van der Waals surface area contributed by atoms with Crippen molar-refractivity contribution in [3.05, 3.63) is 56.4 Å². The summed E-state index contributed by atoms with van der Waals surface area (Å²) < 4.78 is 2.15. The third-order valence-electron chi connectivity index (χ3n) is 2.85. The van der Waals surface area contributed by atoms with Gasteiger partial charge in [-0.25, -0.2) is 0 Å². The molecule has 0 aliphatic rings. The van der Waals surface area contributed by atoms with Gasteiger partial charge in [0.05, 0.1) is 0 Å².